The van der Waals surface area contributed by atoms with Gasteiger partial charge in [-0.3, -0.25) is 0 Å². The zero-order valence-electron chi connectivity index (χ0n) is 30.5. The highest BCUT2D eigenvalue weighted by molar-refractivity contribution is 6.27. The normalized spacial score (nSPS) is 11.9. The quantitative estimate of drug-likeness (QED) is 0.165. The lowest BCUT2D eigenvalue weighted by Crippen LogP contribution is -2.10. The molecule has 12 aromatic rings. The molecular formula is C54H34N2. The second-order valence-electron chi connectivity index (χ2n) is 14.8. The Hall–Kier alpha value is -7.42. The monoisotopic (exact) mass is 710 g/mol. The van der Waals surface area contributed by atoms with Crippen LogP contribution in [0.4, 0.5) is 17.1 Å². The third-order valence-electron chi connectivity index (χ3n) is 11.9. The molecule has 12 rings (SSSR count). The van der Waals surface area contributed by atoms with E-state index in [1.54, 1.807) is 0 Å². The molecule has 2 nitrogen and oxygen atoms in total. The predicted molar refractivity (Wildman–Crippen MR) is 240 cm³/mol. The Kier molecular flexibility index (Phi) is 6.66. The molecule has 0 bridgehead atoms. The Morgan fingerprint density at radius 3 is 1.12 bits per heavy atom. The maximum atomic E-state index is 2.50. The lowest BCUT2D eigenvalue weighted by atomic mass is 9.93. The number of anilines is 3. The van der Waals surface area contributed by atoms with E-state index >= 15 is 0 Å². The van der Waals surface area contributed by atoms with E-state index < -0.39 is 0 Å². The van der Waals surface area contributed by atoms with E-state index in [9.17, 15) is 0 Å². The van der Waals surface area contributed by atoms with Gasteiger partial charge in [0.2, 0.25) is 0 Å². The molecule has 56 heavy (non-hydrogen) atoms. The van der Waals surface area contributed by atoms with Crippen molar-refractivity contribution in [2.45, 2.75) is 0 Å². The van der Waals surface area contributed by atoms with Crippen molar-refractivity contribution < 1.29 is 0 Å². The first-order valence-electron chi connectivity index (χ1n) is 19.4. The average Bonchev–Trinajstić information content (AvgIpc) is 3.62. The van der Waals surface area contributed by atoms with E-state index in [0.717, 1.165) is 22.7 Å². The van der Waals surface area contributed by atoms with Crippen LogP contribution in [0.2, 0.25) is 0 Å². The van der Waals surface area contributed by atoms with Crippen LogP contribution in [0.3, 0.4) is 0 Å². The topological polar surface area (TPSA) is 8.17 Å². The van der Waals surface area contributed by atoms with Gasteiger partial charge < -0.3 is 9.47 Å². The standard InChI is InChI=1S/C54H34N2/c1-2-15-35(16-3-1)56-51-26-13-12-25-48(51)54-52(27-14-28-53(54)56)55(36-29-31-46-42-21-6-4-17-38(42)40-19-8-10-23-44(40)49(46)33-36)37-30-32-47-43-22-7-5-18-39(43)41-20-9-11-24-45(41)50(47)34-37/h1-34H. The molecule has 0 saturated carbocycles. The van der Waals surface area contributed by atoms with Crippen molar-refractivity contribution in [3.05, 3.63) is 206 Å². The smallest absolute Gasteiger partial charge is 0.0562 e. The van der Waals surface area contributed by atoms with Crippen LogP contribution in [0.1, 0.15) is 0 Å². The molecule has 0 spiro atoms. The van der Waals surface area contributed by atoms with Crippen LogP contribution < -0.4 is 4.90 Å². The van der Waals surface area contributed by atoms with E-state index in [0.29, 0.717) is 0 Å². The van der Waals surface area contributed by atoms with Crippen LogP contribution in [-0.2, 0) is 0 Å². The minimum Gasteiger partial charge on any atom is -0.310 e. The van der Waals surface area contributed by atoms with Crippen molar-refractivity contribution in [2.24, 2.45) is 0 Å². The number of nitrogens with zero attached hydrogens (tertiary/aromatic N) is 2. The molecule has 0 aliphatic heterocycles. The molecule has 0 amide bonds. The molecule has 0 radical (unpaired) electrons. The van der Waals surface area contributed by atoms with Crippen molar-refractivity contribution in [1.29, 1.82) is 0 Å². The summed E-state index contributed by atoms with van der Waals surface area (Å²) in [6.45, 7) is 0. The van der Waals surface area contributed by atoms with Crippen LogP contribution in [0.5, 0.6) is 0 Å². The number of rotatable bonds is 4. The maximum absolute atomic E-state index is 2.50. The zero-order valence-corrected chi connectivity index (χ0v) is 30.5. The fourth-order valence-corrected chi connectivity index (χ4v) is 9.54. The lowest BCUT2D eigenvalue weighted by molar-refractivity contribution is 1.18. The molecule has 260 valence electrons. The molecular weight excluding hydrogens is 677 g/mol. The summed E-state index contributed by atoms with van der Waals surface area (Å²) in [5.41, 5.74) is 6.89. The zero-order chi connectivity index (χ0) is 36.7. The second kappa shape index (κ2) is 12.0. The number of para-hydroxylation sites is 2. The third kappa shape index (κ3) is 4.44. The highest BCUT2D eigenvalue weighted by Gasteiger charge is 2.23. The summed E-state index contributed by atoms with van der Waals surface area (Å²) in [5, 5.41) is 17.7. The minimum atomic E-state index is 1.12. The third-order valence-corrected chi connectivity index (χ3v) is 11.9. The number of hydrogen-bond donors (Lipinski definition) is 0. The Morgan fingerprint density at radius 2 is 0.643 bits per heavy atom. The first-order valence-corrected chi connectivity index (χ1v) is 19.4. The van der Waals surface area contributed by atoms with Gasteiger partial charge in [0.15, 0.2) is 0 Å². The molecule has 0 atom stereocenters. The summed E-state index contributed by atoms with van der Waals surface area (Å²) >= 11 is 0. The summed E-state index contributed by atoms with van der Waals surface area (Å²) in [4.78, 5) is 2.50. The molecule has 0 unspecified atom stereocenters. The SMILES string of the molecule is c1ccc(-n2c3ccccc3c3c(N(c4ccc5c6ccccc6c6ccccc6c5c4)c4ccc5c6ccccc6c6ccccc6c5c4)cccc32)cc1. The van der Waals surface area contributed by atoms with E-state index in [1.807, 2.05) is 0 Å². The molecule has 1 heterocycles. The Morgan fingerprint density at radius 1 is 0.268 bits per heavy atom. The number of hydrogen-bond acceptors (Lipinski definition) is 1. The fourth-order valence-electron chi connectivity index (χ4n) is 9.54. The van der Waals surface area contributed by atoms with Crippen molar-refractivity contribution in [3.8, 4) is 5.69 Å². The lowest BCUT2D eigenvalue weighted by Gasteiger charge is -2.28. The molecule has 0 N–H and O–H groups in total. The van der Waals surface area contributed by atoms with Gasteiger partial charge >= 0.3 is 0 Å². The number of aromatic nitrogens is 1. The molecule has 0 fully saturated rings. The largest absolute Gasteiger partial charge is 0.310 e. The molecule has 0 saturated heterocycles. The van der Waals surface area contributed by atoms with Gasteiger partial charge in [-0.1, -0.05) is 152 Å². The van der Waals surface area contributed by atoms with Crippen molar-refractivity contribution >= 4 is 104 Å². The summed E-state index contributed by atoms with van der Waals surface area (Å²) in [7, 11) is 0. The van der Waals surface area contributed by atoms with Gasteiger partial charge in [-0.25, -0.2) is 0 Å². The van der Waals surface area contributed by atoms with Gasteiger partial charge in [0.25, 0.3) is 0 Å². The number of fused-ring (bicyclic) bond motifs is 15. The van der Waals surface area contributed by atoms with Crippen LogP contribution >= 0.6 is 0 Å². The first kappa shape index (κ1) is 31.0. The van der Waals surface area contributed by atoms with Crippen molar-refractivity contribution in [1.82, 2.24) is 4.57 Å². The second-order valence-corrected chi connectivity index (χ2v) is 14.8. The van der Waals surface area contributed by atoms with Crippen molar-refractivity contribution in [3.63, 3.8) is 0 Å². The first-order chi connectivity index (χ1) is 27.8. The van der Waals surface area contributed by atoms with Gasteiger partial charge in [0, 0.05) is 27.8 Å². The number of benzene rings is 11. The predicted octanol–water partition coefficient (Wildman–Crippen LogP) is 15.2. The van der Waals surface area contributed by atoms with Gasteiger partial charge in [-0.05, 0) is 119 Å². The summed E-state index contributed by atoms with van der Waals surface area (Å²) < 4.78 is 2.41. The highest BCUT2D eigenvalue weighted by atomic mass is 15.1. The molecule has 11 aromatic carbocycles. The highest BCUT2D eigenvalue weighted by Crippen LogP contribution is 2.47. The molecule has 2 heteroatoms. The maximum Gasteiger partial charge on any atom is 0.0562 e. The van der Waals surface area contributed by atoms with Crippen LogP contribution in [0.25, 0.3) is 92.1 Å². The summed E-state index contributed by atoms with van der Waals surface area (Å²) in [6, 6.07) is 75.9. The van der Waals surface area contributed by atoms with Crippen LogP contribution in [0.15, 0.2) is 206 Å². The van der Waals surface area contributed by atoms with E-state index in [1.165, 1.54) is 86.4 Å². The van der Waals surface area contributed by atoms with Gasteiger partial charge in [-0.15, -0.1) is 0 Å². The van der Waals surface area contributed by atoms with E-state index in [-0.39, 0.29) is 0 Å². The van der Waals surface area contributed by atoms with Crippen LogP contribution in [-0.4, -0.2) is 4.57 Å². The summed E-state index contributed by atoms with van der Waals surface area (Å²) in [6.07, 6.45) is 0. The van der Waals surface area contributed by atoms with E-state index in [4.69, 9.17) is 0 Å². The Labute approximate surface area is 323 Å². The Bertz CT molecular complexity index is 3310. The average molecular weight is 711 g/mol. The minimum absolute atomic E-state index is 1.12. The summed E-state index contributed by atoms with van der Waals surface area (Å²) in [5.74, 6) is 0. The molecule has 0 aliphatic rings. The Balaban J connectivity index is 1.21. The van der Waals surface area contributed by atoms with E-state index in [2.05, 4.69) is 216 Å². The van der Waals surface area contributed by atoms with Crippen LogP contribution in [0, 0.1) is 0 Å². The van der Waals surface area contributed by atoms with Gasteiger partial charge in [-0.2, -0.15) is 0 Å². The van der Waals surface area contributed by atoms with Crippen molar-refractivity contribution in [2.75, 3.05) is 4.90 Å². The molecule has 1 aromatic heterocycles. The fraction of sp³-hybridized carbons (Fsp3) is 0. The molecule has 0 aliphatic carbocycles. The van der Waals surface area contributed by atoms with Gasteiger partial charge in [0.1, 0.15) is 0 Å². The van der Waals surface area contributed by atoms with Gasteiger partial charge in [0.05, 0.1) is 16.7 Å².